The van der Waals surface area contributed by atoms with Crippen LogP contribution in [-0.4, -0.2) is 20.8 Å². The normalized spacial score (nSPS) is 38.5. The Labute approximate surface area is 135 Å². The van der Waals surface area contributed by atoms with Gasteiger partial charge >= 0.3 is 0 Å². The summed E-state index contributed by atoms with van der Waals surface area (Å²) in [6.07, 6.45) is 7.68. The summed E-state index contributed by atoms with van der Waals surface area (Å²) < 4.78 is 5.78. The molecule has 0 radical (unpaired) electrons. The fourth-order valence-electron chi connectivity index (χ4n) is 5.79. The molecule has 0 spiro atoms. The molecule has 0 atom stereocenters. The van der Waals surface area contributed by atoms with E-state index in [2.05, 4.69) is 4.98 Å². The first kappa shape index (κ1) is 13.8. The van der Waals surface area contributed by atoms with Gasteiger partial charge in [0.05, 0.1) is 5.60 Å². The van der Waals surface area contributed by atoms with Crippen LogP contribution in [-0.2, 0) is 6.42 Å². The molecule has 4 aliphatic carbocycles. The number of aromatic nitrogens is 1. The number of oxazole rings is 1. The molecule has 1 aromatic heterocycles. The Morgan fingerprint density at radius 3 is 2.48 bits per heavy atom. The minimum atomic E-state index is -0.518. The average molecular weight is 313 g/mol. The molecule has 2 N–H and O–H groups in total. The van der Waals surface area contributed by atoms with Gasteiger partial charge in [0.15, 0.2) is 11.5 Å². The maximum Gasteiger partial charge on any atom is 0.195 e. The third kappa shape index (κ3) is 2.11. The van der Waals surface area contributed by atoms with E-state index in [0.29, 0.717) is 35.2 Å². The first-order valence-electron chi connectivity index (χ1n) is 8.91. The Morgan fingerprint density at radius 2 is 1.78 bits per heavy atom. The van der Waals surface area contributed by atoms with Gasteiger partial charge in [-0.05, 0) is 74.3 Å². The van der Waals surface area contributed by atoms with E-state index in [0.717, 1.165) is 18.3 Å². The van der Waals surface area contributed by atoms with Crippen LogP contribution in [0.2, 0.25) is 0 Å². The highest BCUT2D eigenvalue weighted by molar-refractivity contribution is 5.74. The van der Waals surface area contributed by atoms with Crippen LogP contribution >= 0.6 is 0 Å². The number of phenols is 1. The number of hydrogen-bond donors (Lipinski definition) is 2. The van der Waals surface area contributed by atoms with Crippen molar-refractivity contribution in [3.8, 4) is 5.75 Å². The van der Waals surface area contributed by atoms with Crippen LogP contribution in [0.3, 0.4) is 0 Å². The second-order valence-corrected chi connectivity index (χ2v) is 8.06. The highest BCUT2D eigenvalue weighted by atomic mass is 16.3. The van der Waals surface area contributed by atoms with E-state index in [1.165, 1.54) is 32.1 Å². The molecule has 4 fully saturated rings. The van der Waals surface area contributed by atoms with Crippen molar-refractivity contribution in [3.05, 3.63) is 24.1 Å². The zero-order valence-electron chi connectivity index (χ0n) is 13.2. The fraction of sp³-hybridized carbons (Fsp3) is 0.632. The predicted octanol–water partition coefficient (Wildman–Crippen LogP) is 3.65. The summed E-state index contributed by atoms with van der Waals surface area (Å²) in [6.45, 7) is 0. The zero-order valence-corrected chi connectivity index (χ0v) is 13.2. The van der Waals surface area contributed by atoms with Gasteiger partial charge in [-0.15, -0.1) is 0 Å². The van der Waals surface area contributed by atoms with Gasteiger partial charge in [-0.3, -0.25) is 0 Å². The van der Waals surface area contributed by atoms with Crippen LogP contribution in [0.5, 0.6) is 5.75 Å². The molecule has 1 aromatic carbocycles. The molecule has 23 heavy (non-hydrogen) atoms. The number of hydrogen-bond acceptors (Lipinski definition) is 4. The summed E-state index contributed by atoms with van der Waals surface area (Å²) in [5, 5.41) is 20.9. The first-order chi connectivity index (χ1) is 11.1. The molecule has 122 valence electrons. The topological polar surface area (TPSA) is 66.5 Å². The van der Waals surface area contributed by atoms with Crippen LogP contribution in [0.1, 0.15) is 44.4 Å². The monoisotopic (exact) mass is 313 g/mol. The van der Waals surface area contributed by atoms with Crippen LogP contribution in [0.25, 0.3) is 11.1 Å². The highest BCUT2D eigenvalue weighted by Crippen LogP contribution is 2.59. The largest absolute Gasteiger partial charge is 0.508 e. The molecule has 4 nitrogen and oxygen atoms in total. The van der Waals surface area contributed by atoms with E-state index < -0.39 is 5.60 Å². The van der Waals surface area contributed by atoms with E-state index in [1.807, 2.05) is 0 Å². The van der Waals surface area contributed by atoms with Crippen LogP contribution in [0, 0.1) is 23.7 Å². The Balaban J connectivity index is 1.36. The van der Waals surface area contributed by atoms with Crippen molar-refractivity contribution in [2.75, 3.05) is 0 Å². The number of phenolic OH excluding ortho intramolecular Hbond substituents is 1. The summed E-state index contributed by atoms with van der Waals surface area (Å²) in [5.74, 6) is 3.57. The van der Waals surface area contributed by atoms with E-state index in [9.17, 15) is 10.2 Å². The van der Waals surface area contributed by atoms with Crippen molar-refractivity contribution < 1.29 is 14.6 Å². The number of aromatic hydroxyl groups is 1. The lowest BCUT2D eigenvalue weighted by Crippen LogP contribution is -2.57. The second-order valence-electron chi connectivity index (χ2n) is 8.06. The van der Waals surface area contributed by atoms with Gasteiger partial charge in [-0.1, -0.05) is 0 Å². The lowest BCUT2D eigenvalue weighted by Gasteiger charge is -2.59. The van der Waals surface area contributed by atoms with Crippen LogP contribution in [0.4, 0.5) is 0 Å². The van der Waals surface area contributed by atoms with Gasteiger partial charge in [-0.25, -0.2) is 4.98 Å². The Kier molecular flexibility index (Phi) is 2.85. The third-order valence-corrected chi connectivity index (χ3v) is 6.71. The van der Waals surface area contributed by atoms with Gasteiger partial charge < -0.3 is 14.6 Å². The minimum absolute atomic E-state index is 0.206. The Hall–Kier alpha value is -1.55. The molecule has 4 saturated carbocycles. The van der Waals surface area contributed by atoms with E-state index in [1.54, 1.807) is 18.2 Å². The van der Waals surface area contributed by atoms with Crippen molar-refractivity contribution in [1.29, 1.82) is 0 Å². The smallest absolute Gasteiger partial charge is 0.195 e. The number of aryl methyl sites for hydroxylation is 1. The van der Waals surface area contributed by atoms with Crippen LogP contribution < -0.4 is 0 Å². The minimum Gasteiger partial charge on any atom is -0.508 e. The quantitative estimate of drug-likeness (QED) is 0.907. The summed E-state index contributed by atoms with van der Waals surface area (Å²) in [4.78, 5) is 4.47. The summed E-state index contributed by atoms with van der Waals surface area (Å²) in [7, 11) is 0. The standard InChI is InChI=1S/C19H23NO3/c21-15-1-2-17-16(10-15)20-18(23-17)3-4-19(22)13-6-11-5-12(8-13)9-14(19)7-11/h1-2,10-14,21-22H,3-9H2. The lowest BCUT2D eigenvalue weighted by molar-refractivity contribution is -0.176. The summed E-state index contributed by atoms with van der Waals surface area (Å²) in [6, 6.07) is 4.99. The lowest BCUT2D eigenvalue weighted by atomic mass is 9.49. The average Bonchev–Trinajstić information content (AvgIpc) is 2.92. The molecular formula is C19H23NO3. The molecular weight excluding hydrogens is 290 g/mol. The second kappa shape index (κ2) is 4.73. The SMILES string of the molecule is Oc1ccc2oc(CCC3(O)C4CC5CC(C4)CC3C5)nc2c1. The maximum atomic E-state index is 11.4. The van der Waals surface area contributed by atoms with Crippen molar-refractivity contribution in [2.24, 2.45) is 23.7 Å². The molecule has 4 aliphatic rings. The highest BCUT2D eigenvalue weighted by Gasteiger charge is 2.56. The van der Waals surface area contributed by atoms with Gasteiger partial charge in [-0.2, -0.15) is 0 Å². The Morgan fingerprint density at radius 1 is 1.09 bits per heavy atom. The molecule has 6 rings (SSSR count). The predicted molar refractivity (Wildman–Crippen MR) is 86.0 cm³/mol. The molecule has 4 heteroatoms. The van der Waals surface area contributed by atoms with Crippen molar-refractivity contribution in [3.63, 3.8) is 0 Å². The number of benzene rings is 1. The Bertz CT molecular complexity index is 722. The van der Waals surface area contributed by atoms with E-state index in [-0.39, 0.29) is 5.75 Å². The van der Waals surface area contributed by atoms with E-state index in [4.69, 9.17) is 4.42 Å². The van der Waals surface area contributed by atoms with Gasteiger partial charge in [0.25, 0.3) is 0 Å². The molecule has 0 unspecified atom stereocenters. The zero-order chi connectivity index (χ0) is 15.6. The van der Waals surface area contributed by atoms with Gasteiger partial charge in [0, 0.05) is 12.5 Å². The summed E-state index contributed by atoms with van der Waals surface area (Å²) in [5.41, 5.74) is 0.878. The van der Waals surface area contributed by atoms with Crippen molar-refractivity contribution >= 4 is 11.1 Å². The maximum absolute atomic E-state index is 11.4. The third-order valence-electron chi connectivity index (χ3n) is 6.71. The molecule has 0 aliphatic heterocycles. The van der Waals surface area contributed by atoms with E-state index >= 15 is 0 Å². The molecule has 2 aromatic rings. The van der Waals surface area contributed by atoms with Crippen LogP contribution in [0.15, 0.2) is 22.6 Å². The number of nitrogens with zero attached hydrogens (tertiary/aromatic N) is 1. The molecule has 0 saturated heterocycles. The number of aliphatic hydroxyl groups is 1. The first-order valence-corrected chi connectivity index (χ1v) is 8.91. The molecule has 1 heterocycles. The van der Waals surface area contributed by atoms with Crippen molar-refractivity contribution in [2.45, 2.75) is 50.5 Å². The number of rotatable bonds is 3. The van der Waals surface area contributed by atoms with Gasteiger partial charge in [0.2, 0.25) is 0 Å². The molecule has 0 amide bonds. The molecule has 4 bridgehead atoms. The summed E-state index contributed by atoms with van der Waals surface area (Å²) >= 11 is 0. The van der Waals surface area contributed by atoms with Crippen molar-refractivity contribution in [1.82, 2.24) is 4.98 Å². The fourth-order valence-corrected chi connectivity index (χ4v) is 5.79. The number of fused-ring (bicyclic) bond motifs is 1. The van der Waals surface area contributed by atoms with Gasteiger partial charge in [0.1, 0.15) is 11.3 Å².